The van der Waals surface area contributed by atoms with E-state index in [0.29, 0.717) is 10.6 Å². The summed E-state index contributed by atoms with van der Waals surface area (Å²) in [6.07, 6.45) is 2.23. The maximum Gasteiger partial charge on any atom is 0.137 e. The third-order valence-electron chi connectivity index (χ3n) is 2.70. The maximum absolute atomic E-state index is 6.10. The molecular weight excluding hydrogens is 246 g/mol. The van der Waals surface area contributed by atoms with Crippen LogP contribution < -0.4 is 10.1 Å². The quantitative estimate of drug-likeness (QED) is 0.790. The number of rotatable bonds is 6. The molecule has 0 fully saturated rings. The third kappa shape index (κ3) is 6.27. The summed E-state index contributed by atoms with van der Waals surface area (Å²) in [4.78, 5) is 0. The van der Waals surface area contributed by atoms with Crippen molar-refractivity contribution in [2.45, 2.75) is 46.1 Å². The Morgan fingerprint density at radius 1 is 1.22 bits per heavy atom. The molecule has 0 aliphatic heterocycles. The summed E-state index contributed by atoms with van der Waals surface area (Å²) < 4.78 is 5.68. The molecule has 18 heavy (non-hydrogen) atoms. The fraction of sp³-hybridized carbons (Fsp3) is 0.600. The molecule has 0 saturated heterocycles. The fourth-order valence-corrected chi connectivity index (χ4v) is 1.98. The van der Waals surface area contributed by atoms with Gasteiger partial charge in [-0.3, -0.25) is 0 Å². The normalized spacial score (nSPS) is 11.6. The predicted molar refractivity (Wildman–Crippen MR) is 77.5 cm³/mol. The second-order valence-corrected chi connectivity index (χ2v) is 6.26. The second-order valence-electron chi connectivity index (χ2n) is 5.85. The smallest absolute Gasteiger partial charge is 0.137 e. The molecule has 0 amide bonds. The van der Waals surface area contributed by atoms with E-state index >= 15 is 0 Å². The molecule has 1 rings (SSSR count). The van der Waals surface area contributed by atoms with Crippen LogP contribution >= 0.6 is 11.6 Å². The lowest BCUT2D eigenvalue weighted by Crippen LogP contribution is -2.94. The van der Waals surface area contributed by atoms with Crippen LogP contribution in [-0.4, -0.2) is 18.7 Å². The maximum atomic E-state index is 6.10. The van der Waals surface area contributed by atoms with Gasteiger partial charge in [-0.2, -0.15) is 0 Å². The Morgan fingerprint density at radius 2 is 1.94 bits per heavy atom. The predicted octanol–water partition coefficient (Wildman–Crippen LogP) is 3.17. The van der Waals surface area contributed by atoms with Gasteiger partial charge in [-0.15, -0.1) is 0 Å². The SMILES string of the molecule is Cc1ccc(OCCCC[NH2+]C(C)(C)C)c(Cl)c1. The number of benzene rings is 1. The summed E-state index contributed by atoms with van der Waals surface area (Å²) in [6.45, 7) is 10.6. The van der Waals surface area contributed by atoms with Gasteiger partial charge < -0.3 is 10.1 Å². The topological polar surface area (TPSA) is 25.8 Å². The molecule has 0 saturated carbocycles. The van der Waals surface area contributed by atoms with E-state index in [0.717, 1.165) is 30.9 Å². The molecule has 0 radical (unpaired) electrons. The summed E-state index contributed by atoms with van der Waals surface area (Å²) >= 11 is 6.10. The van der Waals surface area contributed by atoms with Crippen molar-refractivity contribution < 1.29 is 10.1 Å². The lowest BCUT2D eigenvalue weighted by molar-refractivity contribution is -0.717. The third-order valence-corrected chi connectivity index (χ3v) is 3.00. The Labute approximate surface area is 116 Å². The van der Waals surface area contributed by atoms with Gasteiger partial charge in [-0.05, 0) is 58.2 Å². The van der Waals surface area contributed by atoms with E-state index in [4.69, 9.17) is 16.3 Å². The molecule has 0 heterocycles. The van der Waals surface area contributed by atoms with Crippen LogP contribution in [0.3, 0.4) is 0 Å². The Kier molecular flexibility index (Phi) is 5.97. The van der Waals surface area contributed by atoms with Gasteiger partial charge in [0.05, 0.1) is 23.7 Å². The van der Waals surface area contributed by atoms with Crippen molar-refractivity contribution in [3.63, 3.8) is 0 Å². The van der Waals surface area contributed by atoms with Crippen molar-refractivity contribution in [2.24, 2.45) is 0 Å². The van der Waals surface area contributed by atoms with Gasteiger partial charge in [0.25, 0.3) is 0 Å². The van der Waals surface area contributed by atoms with Crippen molar-refractivity contribution in [2.75, 3.05) is 13.2 Å². The summed E-state index contributed by atoms with van der Waals surface area (Å²) in [5, 5.41) is 3.07. The summed E-state index contributed by atoms with van der Waals surface area (Å²) in [6, 6.07) is 5.90. The number of hydrogen-bond donors (Lipinski definition) is 1. The summed E-state index contributed by atoms with van der Waals surface area (Å²) in [5.41, 5.74) is 1.48. The molecule has 0 aliphatic rings. The number of hydrogen-bond acceptors (Lipinski definition) is 1. The standard InChI is InChI=1S/C15H24ClNO/c1-12-7-8-14(13(16)11-12)18-10-6-5-9-17-15(2,3)4/h7-8,11,17H,5-6,9-10H2,1-4H3/p+1. The monoisotopic (exact) mass is 270 g/mol. The van der Waals surface area contributed by atoms with Gasteiger partial charge in [0, 0.05) is 0 Å². The van der Waals surface area contributed by atoms with Crippen molar-refractivity contribution in [3.05, 3.63) is 28.8 Å². The molecule has 0 unspecified atom stereocenters. The number of unbranched alkanes of at least 4 members (excludes halogenated alkanes) is 1. The molecule has 102 valence electrons. The number of aryl methyl sites for hydroxylation is 1. The molecule has 1 aromatic carbocycles. The van der Waals surface area contributed by atoms with Crippen LogP contribution in [0.1, 0.15) is 39.2 Å². The lowest BCUT2D eigenvalue weighted by atomic mass is 10.1. The van der Waals surface area contributed by atoms with Crippen LogP contribution in [0.15, 0.2) is 18.2 Å². The van der Waals surface area contributed by atoms with Crippen LogP contribution in [-0.2, 0) is 0 Å². The first-order valence-corrected chi connectivity index (χ1v) is 6.99. The largest absolute Gasteiger partial charge is 0.492 e. The van der Waals surface area contributed by atoms with Crippen LogP contribution in [0.25, 0.3) is 0 Å². The average Bonchev–Trinajstić information content (AvgIpc) is 2.24. The number of ether oxygens (including phenoxy) is 1. The number of quaternary nitrogens is 1. The Hall–Kier alpha value is -0.730. The van der Waals surface area contributed by atoms with Crippen molar-refractivity contribution in [1.29, 1.82) is 0 Å². The Balaban J connectivity index is 2.18. The molecule has 0 aromatic heterocycles. The van der Waals surface area contributed by atoms with Crippen molar-refractivity contribution >= 4 is 11.6 Å². The lowest BCUT2D eigenvalue weighted by Gasteiger charge is -2.16. The molecule has 0 aliphatic carbocycles. The van der Waals surface area contributed by atoms with Crippen molar-refractivity contribution in [1.82, 2.24) is 0 Å². The zero-order valence-corrected chi connectivity index (χ0v) is 12.7. The molecular formula is C15H25ClNO+. The molecule has 0 bridgehead atoms. The molecule has 2 nitrogen and oxygen atoms in total. The van der Waals surface area contributed by atoms with E-state index in [1.807, 2.05) is 25.1 Å². The molecule has 0 spiro atoms. The Morgan fingerprint density at radius 3 is 2.56 bits per heavy atom. The van der Waals surface area contributed by atoms with E-state index in [-0.39, 0.29) is 0 Å². The van der Waals surface area contributed by atoms with Gasteiger partial charge in [-0.25, -0.2) is 0 Å². The first kappa shape index (κ1) is 15.3. The highest BCUT2D eigenvalue weighted by molar-refractivity contribution is 6.32. The van der Waals surface area contributed by atoms with Gasteiger partial charge in [-0.1, -0.05) is 17.7 Å². The first-order valence-electron chi connectivity index (χ1n) is 6.62. The van der Waals surface area contributed by atoms with Gasteiger partial charge >= 0.3 is 0 Å². The van der Waals surface area contributed by atoms with Gasteiger partial charge in [0.15, 0.2) is 0 Å². The average molecular weight is 271 g/mol. The van der Waals surface area contributed by atoms with Crippen LogP contribution in [0.2, 0.25) is 5.02 Å². The highest BCUT2D eigenvalue weighted by atomic mass is 35.5. The first-order chi connectivity index (χ1) is 8.38. The van der Waals surface area contributed by atoms with E-state index < -0.39 is 0 Å². The fourth-order valence-electron chi connectivity index (χ4n) is 1.69. The molecule has 3 heteroatoms. The van der Waals surface area contributed by atoms with E-state index in [9.17, 15) is 0 Å². The minimum Gasteiger partial charge on any atom is -0.492 e. The second kappa shape index (κ2) is 7.01. The van der Waals surface area contributed by atoms with E-state index in [1.54, 1.807) is 0 Å². The minimum atomic E-state index is 0.321. The molecule has 0 atom stereocenters. The van der Waals surface area contributed by atoms with E-state index in [2.05, 4.69) is 26.1 Å². The van der Waals surface area contributed by atoms with Crippen LogP contribution in [0.5, 0.6) is 5.75 Å². The summed E-state index contributed by atoms with van der Waals surface area (Å²) in [7, 11) is 0. The minimum absolute atomic E-state index is 0.321. The number of halogens is 1. The zero-order valence-electron chi connectivity index (χ0n) is 11.9. The molecule has 2 N–H and O–H groups in total. The van der Waals surface area contributed by atoms with E-state index in [1.165, 1.54) is 6.42 Å². The highest BCUT2D eigenvalue weighted by Gasteiger charge is 2.11. The molecule has 1 aromatic rings. The van der Waals surface area contributed by atoms with Crippen molar-refractivity contribution in [3.8, 4) is 5.75 Å². The Bertz CT molecular complexity index is 371. The zero-order chi connectivity index (χ0) is 13.6. The summed E-state index contributed by atoms with van der Waals surface area (Å²) in [5.74, 6) is 0.794. The van der Waals surface area contributed by atoms with Crippen LogP contribution in [0.4, 0.5) is 0 Å². The highest BCUT2D eigenvalue weighted by Crippen LogP contribution is 2.25. The van der Waals surface area contributed by atoms with Gasteiger partial charge in [0.2, 0.25) is 0 Å². The number of nitrogens with two attached hydrogens (primary N) is 1. The van der Waals surface area contributed by atoms with Crippen LogP contribution in [0, 0.1) is 6.92 Å². The van der Waals surface area contributed by atoms with Gasteiger partial charge in [0.1, 0.15) is 5.75 Å².